The fourth-order valence-electron chi connectivity index (χ4n) is 2.53. The lowest BCUT2D eigenvalue weighted by Gasteiger charge is -2.29. The van der Waals surface area contributed by atoms with Gasteiger partial charge >= 0.3 is 6.09 Å². The molecule has 0 saturated carbocycles. The van der Waals surface area contributed by atoms with Crippen LogP contribution in [0.5, 0.6) is 0 Å². The lowest BCUT2D eigenvalue weighted by molar-refractivity contribution is 0.0739. The van der Waals surface area contributed by atoms with Gasteiger partial charge in [0.25, 0.3) is 5.91 Å². The summed E-state index contributed by atoms with van der Waals surface area (Å²) in [5, 5.41) is 4.56. The van der Waals surface area contributed by atoms with Crippen LogP contribution in [0.1, 0.15) is 20.8 Å². The van der Waals surface area contributed by atoms with Crippen molar-refractivity contribution in [3.05, 3.63) is 51.7 Å². The summed E-state index contributed by atoms with van der Waals surface area (Å²) in [7, 11) is 1.33. The molecule has 0 bridgehead atoms. The summed E-state index contributed by atoms with van der Waals surface area (Å²) in [6.45, 7) is 1.27. The Morgan fingerprint density at radius 2 is 2.14 bits per heavy atom. The fourth-order valence-corrected chi connectivity index (χ4v) is 3.22. The van der Waals surface area contributed by atoms with Crippen LogP contribution in [0.2, 0.25) is 0 Å². The molecule has 2 aromatic rings. The molecule has 2 heterocycles. The number of benzene rings is 1. The summed E-state index contributed by atoms with van der Waals surface area (Å²) in [4.78, 5) is 26.3. The van der Waals surface area contributed by atoms with E-state index in [0.717, 1.165) is 16.9 Å². The molecule has 0 spiro atoms. The molecule has 0 fully saturated rings. The third kappa shape index (κ3) is 2.96. The molecular weight excluding hydrogens is 300 g/mol. The van der Waals surface area contributed by atoms with Gasteiger partial charge in [-0.3, -0.25) is 10.1 Å². The SMILES string of the molecule is COC(=O)Nc1ccc2c(c1)CN(C(=O)c1cccs1)CC2. The molecule has 0 atom stereocenters. The van der Waals surface area contributed by atoms with E-state index < -0.39 is 6.09 Å². The van der Waals surface area contributed by atoms with Crippen molar-refractivity contribution in [2.24, 2.45) is 0 Å². The van der Waals surface area contributed by atoms with Gasteiger partial charge in [0.15, 0.2) is 0 Å². The van der Waals surface area contributed by atoms with E-state index in [1.54, 1.807) is 0 Å². The van der Waals surface area contributed by atoms with Gasteiger partial charge in [-0.2, -0.15) is 0 Å². The maximum Gasteiger partial charge on any atom is 0.411 e. The molecule has 0 saturated heterocycles. The second-order valence-corrected chi connectivity index (χ2v) is 6.00. The summed E-state index contributed by atoms with van der Waals surface area (Å²) < 4.78 is 4.59. The number of amides is 2. The fraction of sp³-hybridized carbons (Fsp3) is 0.250. The molecule has 1 aliphatic rings. The van der Waals surface area contributed by atoms with Crippen molar-refractivity contribution in [2.75, 3.05) is 19.0 Å². The highest BCUT2D eigenvalue weighted by molar-refractivity contribution is 7.12. The van der Waals surface area contributed by atoms with E-state index in [4.69, 9.17) is 0 Å². The van der Waals surface area contributed by atoms with E-state index in [1.807, 2.05) is 40.6 Å². The second kappa shape index (κ2) is 6.19. The smallest absolute Gasteiger partial charge is 0.411 e. The monoisotopic (exact) mass is 316 g/mol. The lowest BCUT2D eigenvalue weighted by Crippen LogP contribution is -2.35. The molecule has 2 amide bonds. The molecule has 1 aliphatic heterocycles. The molecule has 0 radical (unpaired) electrons. The zero-order valence-electron chi connectivity index (χ0n) is 12.2. The molecule has 5 nitrogen and oxygen atoms in total. The summed E-state index contributed by atoms with van der Waals surface area (Å²) in [5.41, 5.74) is 2.95. The van der Waals surface area contributed by atoms with Crippen LogP contribution in [-0.4, -0.2) is 30.6 Å². The van der Waals surface area contributed by atoms with Crippen LogP contribution in [0.3, 0.4) is 0 Å². The molecule has 1 aromatic heterocycles. The average molecular weight is 316 g/mol. The van der Waals surface area contributed by atoms with E-state index in [2.05, 4.69) is 10.1 Å². The minimum absolute atomic E-state index is 0.0620. The molecule has 0 aliphatic carbocycles. The average Bonchev–Trinajstić information content (AvgIpc) is 3.07. The van der Waals surface area contributed by atoms with E-state index in [-0.39, 0.29) is 5.91 Å². The molecule has 0 unspecified atom stereocenters. The maximum absolute atomic E-state index is 12.4. The number of anilines is 1. The van der Waals surface area contributed by atoms with Gasteiger partial charge in [-0.1, -0.05) is 12.1 Å². The third-order valence-electron chi connectivity index (χ3n) is 3.67. The minimum Gasteiger partial charge on any atom is -0.453 e. The second-order valence-electron chi connectivity index (χ2n) is 5.05. The van der Waals surface area contributed by atoms with Crippen LogP contribution in [0, 0.1) is 0 Å². The number of thiophene rings is 1. The van der Waals surface area contributed by atoms with E-state index >= 15 is 0 Å². The Bertz CT molecular complexity index is 697. The highest BCUT2D eigenvalue weighted by atomic mass is 32.1. The van der Waals surface area contributed by atoms with Crippen molar-refractivity contribution in [1.29, 1.82) is 0 Å². The molecule has 6 heteroatoms. The van der Waals surface area contributed by atoms with Crippen LogP contribution >= 0.6 is 11.3 Å². The van der Waals surface area contributed by atoms with Crippen molar-refractivity contribution in [3.8, 4) is 0 Å². The predicted octanol–water partition coefficient (Wildman–Crippen LogP) is 3.12. The van der Waals surface area contributed by atoms with Gasteiger partial charge in [-0.05, 0) is 41.1 Å². The zero-order chi connectivity index (χ0) is 15.5. The quantitative estimate of drug-likeness (QED) is 0.926. The Morgan fingerprint density at radius 3 is 2.86 bits per heavy atom. The van der Waals surface area contributed by atoms with Gasteiger partial charge in [0.2, 0.25) is 0 Å². The van der Waals surface area contributed by atoms with Crippen molar-refractivity contribution >= 4 is 29.0 Å². The van der Waals surface area contributed by atoms with Crippen LogP contribution < -0.4 is 5.32 Å². The first-order valence-electron chi connectivity index (χ1n) is 6.97. The van der Waals surface area contributed by atoms with Gasteiger partial charge < -0.3 is 9.64 Å². The summed E-state index contributed by atoms with van der Waals surface area (Å²) in [5.74, 6) is 0.0620. The molecule has 3 rings (SSSR count). The van der Waals surface area contributed by atoms with Gasteiger partial charge in [0.1, 0.15) is 0 Å². The molecule has 114 valence electrons. The summed E-state index contributed by atoms with van der Waals surface area (Å²) in [6, 6.07) is 9.48. The Labute approximate surface area is 132 Å². The summed E-state index contributed by atoms with van der Waals surface area (Å²) >= 11 is 1.46. The normalized spacial score (nSPS) is 13.4. The van der Waals surface area contributed by atoms with Gasteiger partial charge in [-0.25, -0.2) is 4.79 Å². The number of nitrogens with zero attached hydrogens (tertiary/aromatic N) is 1. The number of hydrogen-bond donors (Lipinski definition) is 1. The number of rotatable bonds is 2. The Kier molecular flexibility index (Phi) is 4.11. The van der Waals surface area contributed by atoms with Crippen LogP contribution in [0.25, 0.3) is 0 Å². The van der Waals surface area contributed by atoms with Gasteiger partial charge in [0.05, 0.1) is 12.0 Å². The maximum atomic E-state index is 12.4. The highest BCUT2D eigenvalue weighted by Crippen LogP contribution is 2.24. The van der Waals surface area contributed by atoms with E-state index in [1.165, 1.54) is 24.0 Å². The number of fused-ring (bicyclic) bond motifs is 1. The number of methoxy groups -OCH3 is 1. The third-order valence-corrected chi connectivity index (χ3v) is 4.53. The van der Waals surface area contributed by atoms with Crippen molar-refractivity contribution in [3.63, 3.8) is 0 Å². The number of carbonyl (C=O) groups is 2. The van der Waals surface area contributed by atoms with Crippen molar-refractivity contribution in [1.82, 2.24) is 4.90 Å². The lowest BCUT2D eigenvalue weighted by atomic mass is 9.99. The molecule has 22 heavy (non-hydrogen) atoms. The minimum atomic E-state index is -0.498. The standard InChI is InChI=1S/C16H16N2O3S/c1-21-16(20)17-13-5-4-11-6-7-18(10-12(11)9-13)15(19)14-3-2-8-22-14/h2-5,8-9H,6-7,10H2,1H3,(H,17,20). The van der Waals surface area contributed by atoms with Gasteiger partial charge in [0, 0.05) is 18.8 Å². The zero-order valence-corrected chi connectivity index (χ0v) is 13.0. The highest BCUT2D eigenvalue weighted by Gasteiger charge is 2.22. The molecule has 1 N–H and O–H groups in total. The summed E-state index contributed by atoms with van der Waals surface area (Å²) in [6.07, 6.45) is 0.326. The van der Waals surface area contributed by atoms with Crippen LogP contribution in [0.4, 0.5) is 10.5 Å². The number of carbonyl (C=O) groups excluding carboxylic acids is 2. The first kappa shape index (κ1) is 14.6. The van der Waals surface area contributed by atoms with Crippen molar-refractivity contribution in [2.45, 2.75) is 13.0 Å². The molecular formula is C16H16N2O3S. The first-order chi connectivity index (χ1) is 10.7. The Hall–Kier alpha value is -2.34. The predicted molar refractivity (Wildman–Crippen MR) is 85.2 cm³/mol. The number of ether oxygens (including phenoxy) is 1. The topological polar surface area (TPSA) is 58.6 Å². The van der Waals surface area contributed by atoms with Crippen molar-refractivity contribution < 1.29 is 14.3 Å². The van der Waals surface area contributed by atoms with Crippen LogP contribution in [0.15, 0.2) is 35.7 Å². The number of hydrogen-bond acceptors (Lipinski definition) is 4. The van der Waals surface area contributed by atoms with Gasteiger partial charge in [-0.15, -0.1) is 11.3 Å². The molecule has 1 aromatic carbocycles. The Morgan fingerprint density at radius 1 is 1.27 bits per heavy atom. The van der Waals surface area contributed by atoms with Crippen LogP contribution in [-0.2, 0) is 17.7 Å². The van der Waals surface area contributed by atoms with E-state index in [0.29, 0.717) is 18.8 Å². The Balaban J connectivity index is 1.77. The van der Waals surface area contributed by atoms with E-state index in [9.17, 15) is 9.59 Å². The largest absolute Gasteiger partial charge is 0.453 e. The number of nitrogens with one attached hydrogen (secondary N) is 1. The first-order valence-corrected chi connectivity index (χ1v) is 7.85.